The normalized spacial score (nSPS) is 20.0. The van der Waals surface area contributed by atoms with Gasteiger partial charge in [-0.3, -0.25) is 19.2 Å². The van der Waals surface area contributed by atoms with Crippen molar-refractivity contribution >= 4 is 24.1 Å². The zero-order chi connectivity index (χ0) is 31.1. The third-order valence-electron chi connectivity index (χ3n) is 7.48. The largest absolute Gasteiger partial charge is 0.352 e. The van der Waals surface area contributed by atoms with Gasteiger partial charge in [-0.25, -0.2) is 0 Å². The number of amides is 4. The molecular weight excluding hydrogens is 518 g/mol. The Morgan fingerprint density at radius 2 is 1.49 bits per heavy atom. The predicted molar refractivity (Wildman–Crippen MR) is 166 cm³/mol. The molecule has 0 unspecified atom stereocenters. The van der Waals surface area contributed by atoms with Gasteiger partial charge in [0.05, 0.1) is 12.6 Å². The van der Waals surface area contributed by atoms with E-state index < -0.39 is 6.04 Å². The molecule has 2 aliphatic heterocycles. The quantitative estimate of drug-likeness (QED) is 0.302. The SMILES string of the molecule is C/C(=C\[C@H](C(C)C)N(C)C(=O)CNC=O)C(=O)N1CCC[C@H]1C(=O)NC1CC1.CC(C)C.CC(C)N1CCCCC1. The van der Waals surface area contributed by atoms with Crippen LogP contribution in [-0.2, 0) is 19.2 Å². The average molecular weight is 578 g/mol. The molecule has 41 heavy (non-hydrogen) atoms. The van der Waals surface area contributed by atoms with Crippen LogP contribution in [0.4, 0.5) is 0 Å². The maximum absolute atomic E-state index is 13.0. The summed E-state index contributed by atoms with van der Waals surface area (Å²) in [5.41, 5.74) is 0.521. The Morgan fingerprint density at radius 3 is 1.95 bits per heavy atom. The van der Waals surface area contributed by atoms with Crippen molar-refractivity contribution in [2.75, 3.05) is 33.2 Å². The first kappa shape index (κ1) is 36.6. The first-order valence-electron chi connectivity index (χ1n) is 15.8. The number of likely N-dealkylation sites (tertiary alicyclic amines) is 2. The zero-order valence-corrected chi connectivity index (χ0v) is 27.4. The Morgan fingerprint density at radius 1 is 0.902 bits per heavy atom. The zero-order valence-electron chi connectivity index (χ0n) is 27.4. The smallest absolute Gasteiger partial charge is 0.249 e. The molecule has 2 N–H and O–H groups in total. The molecule has 0 radical (unpaired) electrons. The Labute approximate surface area is 249 Å². The van der Waals surface area contributed by atoms with Crippen molar-refractivity contribution in [2.45, 2.75) is 125 Å². The summed E-state index contributed by atoms with van der Waals surface area (Å²) in [6.07, 6.45) is 10.1. The van der Waals surface area contributed by atoms with Crippen molar-refractivity contribution in [3.63, 3.8) is 0 Å². The molecule has 2 saturated heterocycles. The van der Waals surface area contributed by atoms with Crippen LogP contribution in [0.25, 0.3) is 0 Å². The van der Waals surface area contributed by atoms with Crippen molar-refractivity contribution in [3.05, 3.63) is 11.6 Å². The second-order valence-corrected chi connectivity index (χ2v) is 12.9. The highest BCUT2D eigenvalue weighted by molar-refractivity contribution is 5.97. The monoisotopic (exact) mass is 577 g/mol. The van der Waals surface area contributed by atoms with Gasteiger partial charge < -0.3 is 25.3 Å². The molecule has 0 bridgehead atoms. The van der Waals surface area contributed by atoms with Crippen LogP contribution in [0.2, 0.25) is 0 Å². The van der Waals surface area contributed by atoms with E-state index in [1.54, 1.807) is 29.8 Å². The molecular formula is C32H59N5O4. The summed E-state index contributed by atoms with van der Waals surface area (Å²) in [5, 5.41) is 5.36. The first-order valence-corrected chi connectivity index (χ1v) is 15.8. The van der Waals surface area contributed by atoms with Gasteiger partial charge in [-0.2, -0.15) is 0 Å². The van der Waals surface area contributed by atoms with Crippen molar-refractivity contribution in [3.8, 4) is 0 Å². The summed E-state index contributed by atoms with van der Waals surface area (Å²) >= 11 is 0. The number of carbonyl (C=O) groups excluding carboxylic acids is 4. The van der Waals surface area contributed by atoms with Crippen LogP contribution in [0.15, 0.2) is 11.6 Å². The number of nitrogens with zero attached hydrogens (tertiary/aromatic N) is 3. The molecule has 0 aromatic carbocycles. The number of rotatable bonds is 10. The number of nitrogens with one attached hydrogen (secondary N) is 2. The summed E-state index contributed by atoms with van der Waals surface area (Å²) in [6.45, 7) is 19.9. The lowest BCUT2D eigenvalue weighted by molar-refractivity contribution is -0.135. The van der Waals surface area contributed by atoms with E-state index in [-0.39, 0.29) is 42.3 Å². The van der Waals surface area contributed by atoms with E-state index in [9.17, 15) is 19.2 Å². The van der Waals surface area contributed by atoms with E-state index in [1.807, 2.05) is 13.8 Å². The van der Waals surface area contributed by atoms with Crippen molar-refractivity contribution in [2.24, 2.45) is 11.8 Å². The Bertz CT molecular complexity index is 844. The summed E-state index contributed by atoms with van der Waals surface area (Å²) in [5.74, 6) is 0.463. The van der Waals surface area contributed by atoms with Crippen LogP contribution in [0.1, 0.15) is 100 Å². The van der Waals surface area contributed by atoms with Gasteiger partial charge in [0, 0.05) is 31.2 Å². The highest BCUT2D eigenvalue weighted by Gasteiger charge is 2.37. The molecule has 2 heterocycles. The lowest BCUT2D eigenvalue weighted by Gasteiger charge is -2.30. The van der Waals surface area contributed by atoms with E-state index >= 15 is 0 Å². The van der Waals surface area contributed by atoms with Crippen LogP contribution < -0.4 is 10.6 Å². The fourth-order valence-corrected chi connectivity index (χ4v) is 4.97. The first-order chi connectivity index (χ1) is 19.3. The second-order valence-electron chi connectivity index (χ2n) is 12.9. The molecule has 3 aliphatic rings. The van der Waals surface area contributed by atoms with Gasteiger partial charge in [-0.1, -0.05) is 47.1 Å². The molecule has 1 saturated carbocycles. The van der Waals surface area contributed by atoms with Gasteiger partial charge in [0.25, 0.3) is 0 Å². The summed E-state index contributed by atoms with van der Waals surface area (Å²) in [4.78, 5) is 53.9. The number of piperidine rings is 1. The molecule has 4 amide bonds. The van der Waals surface area contributed by atoms with E-state index in [0.717, 1.165) is 31.2 Å². The van der Waals surface area contributed by atoms with Crippen LogP contribution >= 0.6 is 0 Å². The van der Waals surface area contributed by atoms with E-state index in [4.69, 9.17) is 0 Å². The van der Waals surface area contributed by atoms with Crippen molar-refractivity contribution in [1.29, 1.82) is 0 Å². The molecule has 3 fully saturated rings. The summed E-state index contributed by atoms with van der Waals surface area (Å²) in [7, 11) is 1.66. The minimum atomic E-state index is -0.412. The second kappa shape index (κ2) is 18.9. The molecule has 0 aromatic heterocycles. The van der Waals surface area contributed by atoms with Crippen LogP contribution in [0, 0.1) is 11.8 Å². The molecule has 2 atom stereocenters. The number of hydrogen-bond acceptors (Lipinski definition) is 5. The van der Waals surface area contributed by atoms with Gasteiger partial charge in [-0.05, 0) is 84.2 Å². The molecule has 236 valence electrons. The van der Waals surface area contributed by atoms with Crippen LogP contribution in [0.5, 0.6) is 0 Å². The fourth-order valence-electron chi connectivity index (χ4n) is 4.97. The topological polar surface area (TPSA) is 102 Å². The van der Waals surface area contributed by atoms with Crippen molar-refractivity contribution < 1.29 is 19.2 Å². The van der Waals surface area contributed by atoms with E-state index in [0.29, 0.717) is 24.9 Å². The Kier molecular flexibility index (Phi) is 16.9. The minimum absolute atomic E-state index is 0.0613. The van der Waals surface area contributed by atoms with Crippen LogP contribution in [-0.4, -0.2) is 96.2 Å². The van der Waals surface area contributed by atoms with E-state index in [2.05, 4.69) is 50.2 Å². The molecule has 0 spiro atoms. The van der Waals surface area contributed by atoms with Crippen molar-refractivity contribution in [1.82, 2.24) is 25.3 Å². The molecule has 1 aliphatic carbocycles. The highest BCUT2D eigenvalue weighted by atomic mass is 16.2. The predicted octanol–water partition coefficient (Wildman–Crippen LogP) is 3.97. The van der Waals surface area contributed by atoms with Gasteiger partial charge in [0.1, 0.15) is 6.04 Å². The average Bonchev–Trinajstić information content (AvgIpc) is 3.60. The summed E-state index contributed by atoms with van der Waals surface area (Å²) in [6, 6.07) is 0.341. The van der Waals surface area contributed by atoms with Gasteiger partial charge >= 0.3 is 0 Å². The highest BCUT2D eigenvalue weighted by Crippen LogP contribution is 2.24. The lowest BCUT2D eigenvalue weighted by Crippen LogP contribution is -2.47. The summed E-state index contributed by atoms with van der Waals surface area (Å²) < 4.78 is 0. The Hall–Kier alpha value is -2.42. The standard InChI is InChI=1S/C20H32N4O4.C8H17N.C4H10/c1-13(2)17(23(4)18(26)11-21-12-25)10-14(3)20(28)24-9-5-6-16(24)19(27)22-15-7-8-15;1-8(2)9-6-4-3-5-7-9;1-4(2)3/h10,12-13,15-17H,5-9,11H2,1-4H3,(H,21,25)(H,22,27);8H,3-7H2,1-2H3;4H,1-3H3/b14-10+;;/t16-,17+;;/m0../s1. The number of carbonyl (C=O) groups is 4. The minimum Gasteiger partial charge on any atom is -0.352 e. The Balaban J connectivity index is 0.000000532. The third kappa shape index (κ3) is 13.9. The van der Waals surface area contributed by atoms with Gasteiger partial charge in [-0.15, -0.1) is 0 Å². The third-order valence-corrected chi connectivity index (χ3v) is 7.48. The lowest BCUT2D eigenvalue weighted by atomic mass is 9.99. The molecule has 0 aromatic rings. The number of hydrogen-bond donors (Lipinski definition) is 2. The molecule has 3 rings (SSSR count). The van der Waals surface area contributed by atoms with Gasteiger partial charge in [0.2, 0.25) is 24.1 Å². The fraction of sp³-hybridized carbons (Fsp3) is 0.812. The molecule has 9 nitrogen and oxygen atoms in total. The van der Waals surface area contributed by atoms with Gasteiger partial charge in [0.15, 0.2) is 0 Å². The molecule has 9 heteroatoms. The maximum Gasteiger partial charge on any atom is 0.249 e. The number of likely N-dealkylation sites (N-methyl/N-ethyl adjacent to an activating group) is 1. The van der Waals surface area contributed by atoms with Crippen LogP contribution in [0.3, 0.4) is 0 Å². The van der Waals surface area contributed by atoms with E-state index in [1.165, 1.54) is 32.4 Å². The maximum atomic E-state index is 13.0.